The normalized spacial score (nSPS) is 14.8. The zero-order valence-corrected chi connectivity index (χ0v) is 18.4. The number of fused-ring (bicyclic) bond motifs is 1. The average Bonchev–Trinajstić information content (AvgIpc) is 2.97. The number of aryl methyl sites for hydroxylation is 3. The maximum absolute atomic E-state index is 5.40. The Morgan fingerprint density at radius 1 is 1.29 bits per heavy atom. The third kappa shape index (κ3) is 6.84. The monoisotopic (exact) mass is 466 g/mol. The third-order valence-corrected chi connectivity index (χ3v) is 5.42. The van der Waals surface area contributed by atoms with Crippen molar-refractivity contribution < 1.29 is 4.74 Å². The summed E-state index contributed by atoms with van der Waals surface area (Å²) < 4.78 is 5.40. The highest BCUT2D eigenvalue weighted by Gasteiger charge is 2.17. The quantitative estimate of drug-likeness (QED) is 0.281. The van der Waals surface area contributed by atoms with Crippen LogP contribution in [0.4, 0.5) is 0 Å². The Balaban J connectivity index is 0.00000288. The molecule has 0 aromatic carbocycles. The van der Waals surface area contributed by atoms with Gasteiger partial charge < -0.3 is 15.4 Å². The van der Waals surface area contributed by atoms with Crippen LogP contribution in [0, 0.1) is 0 Å². The van der Waals surface area contributed by atoms with Crippen LogP contribution in [0.15, 0.2) is 4.99 Å². The lowest BCUT2D eigenvalue weighted by Crippen LogP contribution is -2.45. The van der Waals surface area contributed by atoms with Crippen LogP contribution in [0.3, 0.4) is 0 Å². The largest absolute Gasteiger partial charge is 0.377 e. The molecule has 138 valence electrons. The number of ether oxygens (including phenoxy) is 1. The van der Waals surface area contributed by atoms with Crippen molar-refractivity contribution in [3.05, 3.63) is 15.6 Å². The van der Waals surface area contributed by atoms with Crippen LogP contribution in [-0.2, 0) is 24.0 Å². The number of thiazole rings is 1. The van der Waals surface area contributed by atoms with Gasteiger partial charge in [0.05, 0.1) is 16.3 Å². The van der Waals surface area contributed by atoms with Crippen LogP contribution in [0.1, 0.15) is 48.7 Å². The van der Waals surface area contributed by atoms with Gasteiger partial charge in [-0.05, 0) is 46.0 Å². The van der Waals surface area contributed by atoms with E-state index < -0.39 is 0 Å². The molecule has 1 aromatic rings. The van der Waals surface area contributed by atoms with Crippen LogP contribution in [-0.4, -0.2) is 43.8 Å². The number of aliphatic imine (C=N–C) groups is 1. The highest BCUT2D eigenvalue weighted by molar-refractivity contribution is 14.0. The minimum absolute atomic E-state index is 0. The highest BCUT2D eigenvalue weighted by atomic mass is 127. The van der Waals surface area contributed by atoms with E-state index in [9.17, 15) is 0 Å². The molecule has 7 heteroatoms. The molecule has 2 rings (SSSR count). The van der Waals surface area contributed by atoms with E-state index in [4.69, 9.17) is 9.72 Å². The number of hydrogen-bond donors (Lipinski definition) is 2. The van der Waals surface area contributed by atoms with Crippen molar-refractivity contribution in [2.75, 3.05) is 27.2 Å². The van der Waals surface area contributed by atoms with E-state index in [1.54, 1.807) is 14.2 Å². The molecule has 0 radical (unpaired) electrons. The van der Waals surface area contributed by atoms with Gasteiger partial charge >= 0.3 is 0 Å². The molecular weight excluding hydrogens is 435 g/mol. The maximum Gasteiger partial charge on any atom is 0.191 e. The van der Waals surface area contributed by atoms with E-state index in [2.05, 4.69) is 29.5 Å². The molecule has 0 fully saturated rings. The van der Waals surface area contributed by atoms with E-state index >= 15 is 0 Å². The van der Waals surface area contributed by atoms with Crippen molar-refractivity contribution in [3.63, 3.8) is 0 Å². The summed E-state index contributed by atoms with van der Waals surface area (Å²) in [6, 6.07) is 0. The SMILES string of the molecule is CN=C(NCCCc1nc2c(s1)CCCC2)NCC(C)(C)OC.I. The predicted molar refractivity (Wildman–Crippen MR) is 113 cm³/mol. The molecule has 1 aliphatic carbocycles. The fraction of sp³-hybridized carbons (Fsp3) is 0.765. The van der Waals surface area contributed by atoms with E-state index in [-0.39, 0.29) is 29.6 Å². The molecule has 1 aromatic heterocycles. The van der Waals surface area contributed by atoms with E-state index in [0.29, 0.717) is 0 Å². The summed E-state index contributed by atoms with van der Waals surface area (Å²) in [7, 11) is 3.52. The predicted octanol–water partition coefficient (Wildman–Crippen LogP) is 3.16. The fourth-order valence-corrected chi connectivity index (χ4v) is 3.75. The Hall–Kier alpha value is -0.410. The molecule has 24 heavy (non-hydrogen) atoms. The second-order valence-corrected chi connectivity index (χ2v) is 7.77. The molecule has 0 saturated carbocycles. The minimum atomic E-state index is -0.197. The molecule has 0 bridgehead atoms. The van der Waals surface area contributed by atoms with Crippen molar-refractivity contribution >= 4 is 41.3 Å². The molecule has 1 aliphatic rings. The first kappa shape index (κ1) is 21.6. The van der Waals surface area contributed by atoms with Crippen molar-refractivity contribution in [3.8, 4) is 0 Å². The number of nitrogens with zero attached hydrogens (tertiary/aromatic N) is 2. The Bertz CT molecular complexity index is 507. The molecule has 0 spiro atoms. The molecule has 0 saturated heterocycles. The lowest BCUT2D eigenvalue weighted by molar-refractivity contribution is 0.0268. The first-order valence-corrected chi connectivity index (χ1v) is 9.33. The summed E-state index contributed by atoms with van der Waals surface area (Å²) in [4.78, 5) is 10.6. The van der Waals surface area contributed by atoms with Gasteiger partial charge in [0.2, 0.25) is 0 Å². The summed E-state index contributed by atoms with van der Waals surface area (Å²) in [6.45, 7) is 5.73. The van der Waals surface area contributed by atoms with Crippen LogP contribution in [0.2, 0.25) is 0 Å². The summed E-state index contributed by atoms with van der Waals surface area (Å²) in [6.07, 6.45) is 7.16. The molecule has 1 heterocycles. The lowest BCUT2D eigenvalue weighted by atomic mass is 10.0. The van der Waals surface area contributed by atoms with Gasteiger partial charge in [0.1, 0.15) is 0 Å². The van der Waals surface area contributed by atoms with Crippen LogP contribution < -0.4 is 10.6 Å². The molecule has 5 nitrogen and oxygen atoms in total. The van der Waals surface area contributed by atoms with Gasteiger partial charge in [0.15, 0.2) is 5.96 Å². The maximum atomic E-state index is 5.40. The van der Waals surface area contributed by atoms with Gasteiger partial charge in [0, 0.05) is 38.5 Å². The number of methoxy groups -OCH3 is 1. The zero-order chi connectivity index (χ0) is 16.7. The second kappa shape index (κ2) is 10.6. The van der Waals surface area contributed by atoms with E-state index in [0.717, 1.165) is 31.9 Å². The first-order valence-electron chi connectivity index (χ1n) is 8.51. The second-order valence-electron chi connectivity index (χ2n) is 6.60. The van der Waals surface area contributed by atoms with Gasteiger partial charge in [-0.2, -0.15) is 0 Å². The standard InChI is InChI=1S/C17H30N4OS.HI/c1-17(2,22-4)12-20-16(18-3)19-11-7-10-15-21-13-8-5-6-9-14(13)23-15;/h5-12H2,1-4H3,(H2,18,19,20);1H. The smallest absolute Gasteiger partial charge is 0.191 e. The fourth-order valence-electron chi connectivity index (χ4n) is 2.55. The Kier molecular flexibility index (Phi) is 9.51. The molecule has 2 N–H and O–H groups in total. The van der Waals surface area contributed by atoms with Crippen molar-refractivity contribution in [2.24, 2.45) is 4.99 Å². The first-order chi connectivity index (χ1) is 11.0. The highest BCUT2D eigenvalue weighted by Crippen LogP contribution is 2.27. The number of hydrogen-bond acceptors (Lipinski definition) is 4. The molecule has 0 aliphatic heterocycles. The summed E-state index contributed by atoms with van der Waals surface area (Å²) >= 11 is 1.92. The average molecular weight is 466 g/mol. The summed E-state index contributed by atoms with van der Waals surface area (Å²) in [5.74, 6) is 0.827. The molecule has 0 amide bonds. The number of aromatic nitrogens is 1. The molecule has 0 unspecified atom stereocenters. The van der Waals surface area contributed by atoms with Crippen LogP contribution in [0.5, 0.6) is 0 Å². The minimum Gasteiger partial charge on any atom is -0.377 e. The van der Waals surface area contributed by atoms with Gasteiger partial charge in [-0.3, -0.25) is 4.99 Å². The number of halogens is 1. The van der Waals surface area contributed by atoms with E-state index in [1.165, 1.54) is 41.3 Å². The van der Waals surface area contributed by atoms with Gasteiger partial charge in [-0.25, -0.2) is 4.98 Å². The number of guanidine groups is 1. The van der Waals surface area contributed by atoms with Gasteiger partial charge in [-0.15, -0.1) is 35.3 Å². The number of nitrogens with one attached hydrogen (secondary N) is 2. The molecule has 0 atom stereocenters. The Morgan fingerprint density at radius 3 is 2.71 bits per heavy atom. The van der Waals surface area contributed by atoms with Crippen LogP contribution >= 0.6 is 35.3 Å². The topological polar surface area (TPSA) is 58.5 Å². The van der Waals surface area contributed by atoms with Crippen molar-refractivity contribution in [2.45, 2.75) is 58.0 Å². The lowest BCUT2D eigenvalue weighted by Gasteiger charge is -2.24. The zero-order valence-electron chi connectivity index (χ0n) is 15.3. The Labute approximate surface area is 167 Å². The van der Waals surface area contributed by atoms with Crippen molar-refractivity contribution in [1.82, 2.24) is 15.6 Å². The van der Waals surface area contributed by atoms with Crippen LogP contribution in [0.25, 0.3) is 0 Å². The summed E-state index contributed by atoms with van der Waals surface area (Å²) in [5, 5.41) is 7.95. The van der Waals surface area contributed by atoms with Crippen molar-refractivity contribution in [1.29, 1.82) is 0 Å². The third-order valence-electron chi connectivity index (χ3n) is 4.21. The van der Waals surface area contributed by atoms with Gasteiger partial charge in [0.25, 0.3) is 0 Å². The molecular formula is C17H31IN4OS. The van der Waals surface area contributed by atoms with E-state index in [1.807, 2.05) is 11.3 Å². The number of rotatable bonds is 7. The summed E-state index contributed by atoms with van der Waals surface area (Å²) in [5.41, 5.74) is 1.17. The van der Waals surface area contributed by atoms with Gasteiger partial charge in [-0.1, -0.05) is 0 Å². The Morgan fingerprint density at radius 2 is 2.04 bits per heavy atom.